The molecule has 0 aliphatic carbocycles. The topological polar surface area (TPSA) is 80.9 Å². The third-order valence-electron chi connectivity index (χ3n) is 4.36. The number of rotatable bonds is 7. The summed E-state index contributed by atoms with van der Waals surface area (Å²) in [5, 5.41) is 14.0. The molecule has 1 N–H and O–H groups in total. The lowest BCUT2D eigenvalue weighted by Gasteiger charge is -2.08. The molecule has 0 aliphatic heterocycles. The SMILES string of the molecule is CCCc1nc(C(C)C)nn1Cc1ccc(-c2ccccc2C(=O)O)cn1. The minimum atomic E-state index is -0.942. The summed E-state index contributed by atoms with van der Waals surface area (Å²) < 4.78 is 1.92. The van der Waals surface area contributed by atoms with Crippen molar-refractivity contribution in [2.24, 2.45) is 0 Å². The van der Waals surface area contributed by atoms with E-state index in [-0.39, 0.29) is 11.5 Å². The molecule has 0 spiro atoms. The third-order valence-corrected chi connectivity index (χ3v) is 4.36. The van der Waals surface area contributed by atoms with Gasteiger partial charge in [0.25, 0.3) is 0 Å². The van der Waals surface area contributed by atoms with Gasteiger partial charge >= 0.3 is 5.97 Å². The predicted molar refractivity (Wildman–Crippen MR) is 104 cm³/mol. The van der Waals surface area contributed by atoms with Gasteiger partial charge in [0, 0.05) is 24.1 Å². The van der Waals surface area contributed by atoms with Crippen molar-refractivity contribution in [3.8, 4) is 11.1 Å². The molecule has 6 nitrogen and oxygen atoms in total. The van der Waals surface area contributed by atoms with E-state index >= 15 is 0 Å². The van der Waals surface area contributed by atoms with E-state index in [1.54, 1.807) is 24.4 Å². The zero-order chi connectivity index (χ0) is 19.4. The average Bonchev–Trinajstić information content (AvgIpc) is 3.05. The van der Waals surface area contributed by atoms with Gasteiger partial charge in [0.2, 0.25) is 0 Å². The fourth-order valence-electron chi connectivity index (χ4n) is 2.93. The molecule has 0 unspecified atom stereocenters. The second kappa shape index (κ2) is 8.12. The number of carboxylic acids is 1. The van der Waals surface area contributed by atoms with Gasteiger partial charge in [0.1, 0.15) is 5.82 Å². The van der Waals surface area contributed by atoms with E-state index in [9.17, 15) is 9.90 Å². The van der Waals surface area contributed by atoms with Crippen molar-refractivity contribution in [2.45, 2.75) is 46.1 Å². The maximum atomic E-state index is 11.4. The van der Waals surface area contributed by atoms with Crippen LogP contribution in [0, 0.1) is 0 Å². The molecule has 2 aromatic heterocycles. The van der Waals surface area contributed by atoms with Crippen LogP contribution < -0.4 is 0 Å². The summed E-state index contributed by atoms with van der Waals surface area (Å²) in [5.74, 6) is 1.17. The maximum absolute atomic E-state index is 11.4. The summed E-state index contributed by atoms with van der Waals surface area (Å²) >= 11 is 0. The molecule has 1 aromatic carbocycles. The number of aromatic carboxylic acids is 1. The number of carbonyl (C=O) groups is 1. The Kier molecular flexibility index (Phi) is 5.64. The van der Waals surface area contributed by atoms with Gasteiger partial charge in [-0.05, 0) is 24.1 Å². The maximum Gasteiger partial charge on any atom is 0.336 e. The molecular formula is C21H24N4O2. The van der Waals surface area contributed by atoms with Crippen molar-refractivity contribution in [2.75, 3.05) is 0 Å². The molecule has 3 aromatic rings. The van der Waals surface area contributed by atoms with Crippen LogP contribution >= 0.6 is 0 Å². The number of hydrogen-bond acceptors (Lipinski definition) is 4. The molecule has 0 saturated carbocycles. The minimum absolute atomic E-state index is 0.273. The summed E-state index contributed by atoms with van der Waals surface area (Å²) in [6, 6.07) is 10.8. The highest BCUT2D eigenvalue weighted by Crippen LogP contribution is 2.23. The summed E-state index contributed by atoms with van der Waals surface area (Å²) in [4.78, 5) is 20.6. The Morgan fingerprint density at radius 2 is 1.96 bits per heavy atom. The van der Waals surface area contributed by atoms with Gasteiger partial charge in [-0.1, -0.05) is 45.0 Å². The number of aromatic nitrogens is 4. The normalized spacial score (nSPS) is 11.1. The standard InChI is InChI=1S/C21H24N4O2/c1-4-7-19-23-20(14(2)3)24-25(19)13-16-11-10-15(12-22-16)17-8-5-6-9-18(17)21(26)27/h5-6,8-12,14H,4,7,13H2,1-3H3,(H,26,27). The molecule has 3 rings (SSSR count). The van der Waals surface area contributed by atoms with Crippen LogP contribution in [0.4, 0.5) is 0 Å². The van der Waals surface area contributed by atoms with Crippen molar-refractivity contribution in [1.29, 1.82) is 0 Å². The highest BCUT2D eigenvalue weighted by Gasteiger charge is 2.14. The first-order valence-electron chi connectivity index (χ1n) is 9.20. The Balaban J connectivity index is 1.86. The second-order valence-corrected chi connectivity index (χ2v) is 6.84. The summed E-state index contributed by atoms with van der Waals surface area (Å²) in [5.41, 5.74) is 2.59. The van der Waals surface area contributed by atoms with Gasteiger partial charge in [-0.25, -0.2) is 14.5 Å². The summed E-state index contributed by atoms with van der Waals surface area (Å²) in [6.45, 7) is 6.85. The van der Waals surface area contributed by atoms with E-state index in [1.807, 2.05) is 22.9 Å². The molecule has 2 heterocycles. The van der Waals surface area contributed by atoms with Gasteiger partial charge in [-0.15, -0.1) is 0 Å². The van der Waals surface area contributed by atoms with Gasteiger partial charge in [0.15, 0.2) is 5.82 Å². The number of pyridine rings is 1. The largest absolute Gasteiger partial charge is 0.478 e. The van der Waals surface area contributed by atoms with Gasteiger partial charge < -0.3 is 5.11 Å². The molecular weight excluding hydrogens is 340 g/mol. The molecule has 0 radical (unpaired) electrons. The van der Waals surface area contributed by atoms with Gasteiger partial charge in [0.05, 0.1) is 17.8 Å². The second-order valence-electron chi connectivity index (χ2n) is 6.84. The van der Waals surface area contributed by atoms with E-state index in [0.717, 1.165) is 35.7 Å². The zero-order valence-corrected chi connectivity index (χ0v) is 15.9. The fourth-order valence-corrected chi connectivity index (χ4v) is 2.93. The number of hydrogen-bond donors (Lipinski definition) is 1. The van der Waals surface area contributed by atoms with Crippen LogP contribution in [0.15, 0.2) is 42.6 Å². The van der Waals surface area contributed by atoms with Crippen molar-refractivity contribution < 1.29 is 9.90 Å². The molecule has 0 amide bonds. The van der Waals surface area contributed by atoms with Crippen LogP contribution in [0.5, 0.6) is 0 Å². The first-order chi connectivity index (χ1) is 13.0. The lowest BCUT2D eigenvalue weighted by Crippen LogP contribution is -2.08. The molecule has 0 saturated heterocycles. The molecule has 0 atom stereocenters. The molecule has 0 bridgehead atoms. The average molecular weight is 364 g/mol. The van der Waals surface area contributed by atoms with Crippen LogP contribution in [0.1, 0.15) is 60.8 Å². The van der Waals surface area contributed by atoms with E-state index in [0.29, 0.717) is 12.1 Å². The number of benzene rings is 1. The van der Waals surface area contributed by atoms with E-state index in [4.69, 9.17) is 0 Å². The Morgan fingerprint density at radius 1 is 1.19 bits per heavy atom. The van der Waals surface area contributed by atoms with Crippen molar-refractivity contribution in [3.63, 3.8) is 0 Å². The number of nitrogens with zero attached hydrogens (tertiary/aromatic N) is 4. The van der Waals surface area contributed by atoms with Crippen LogP contribution in [0.3, 0.4) is 0 Å². The van der Waals surface area contributed by atoms with Crippen molar-refractivity contribution in [1.82, 2.24) is 19.7 Å². The van der Waals surface area contributed by atoms with Crippen LogP contribution in [0.25, 0.3) is 11.1 Å². The Labute approximate surface area is 158 Å². The molecule has 0 aliphatic rings. The van der Waals surface area contributed by atoms with E-state index < -0.39 is 5.97 Å². The highest BCUT2D eigenvalue weighted by atomic mass is 16.4. The molecule has 140 valence electrons. The quantitative estimate of drug-likeness (QED) is 0.681. The third kappa shape index (κ3) is 4.22. The minimum Gasteiger partial charge on any atom is -0.478 e. The number of carboxylic acid groups (broad SMARTS) is 1. The van der Waals surface area contributed by atoms with Crippen LogP contribution in [-0.4, -0.2) is 30.8 Å². The first kappa shape index (κ1) is 18.8. The van der Waals surface area contributed by atoms with Gasteiger partial charge in [-0.3, -0.25) is 4.98 Å². The van der Waals surface area contributed by atoms with Crippen LogP contribution in [0.2, 0.25) is 0 Å². The molecule has 6 heteroatoms. The predicted octanol–water partition coefficient (Wildman–Crippen LogP) is 4.16. The Bertz CT molecular complexity index is 930. The molecule has 27 heavy (non-hydrogen) atoms. The summed E-state index contributed by atoms with van der Waals surface area (Å²) in [6.07, 6.45) is 3.61. The fraction of sp³-hybridized carbons (Fsp3) is 0.333. The van der Waals surface area contributed by atoms with E-state index in [2.05, 4.69) is 35.8 Å². The van der Waals surface area contributed by atoms with Gasteiger partial charge in [-0.2, -0.15) is 5.10 Å². The summed E-state index contributed by atoms with van der Waals surface area (Å²) in [7, 11) is 0. The van der Waals surface area contributed by atoms with Crippen molar-refractivity contribution in [3.05, 3.63) is 65.5 Å². The Morgan fingerprint density at radius 3 is 2.59 bits per heavy atom. The molecule has 0 fully saturated rings. The smallest absolute Gasteiger partial charge is 0.336 e. The zero-order valence-electron chi connectivity index (χ0n) is 15.9. The van der Waals surface area contributed by atoms with Crippen molar-refractivity contribution >= 4 is 5.97 Å². The monoisotopic (exact) mass is 364 g/mol. The van der Waals surface area contributed by atoms with Crippen LogP contribution in [-0.2, 0) is 13.0 Å². The highest BCUT2D eigenvalue weighted by molar-refractivity contribution is 5.95. The van der Waals surface area contributed by atoms with E-state index in [1.165, 1.54) is 0 Å². The number of aryl methyl sites for hydroxylation is 1. The Hall–Kier alpha value is -3.02. The lowest BCUT2D eigenvalue weighted by atomic mass is 10.0. The lowest BCUT2D eigenvalue weighted by molar-refractivity contribution is 0.0697. The first-order valence-corrected chi connectivity index (χ1v) is 9.20.